The first kappa shape index (κ1) is 16.9. The van der Waals surface area contributed by atoms with Gasteiger partial charge < -0.3 is 9.32 Å². The molecule has 0 radical (unpaired) electrons. The quantitative estimate of drug-likeness (QED) is 0.693. The number of hydrogen-bond acceptors (Lipinski definition) is 6. The zero-order valence-electron chi connectivity index (χ0n) is 15.6. The number of amides is 1. The summed E-state index contributed by atoms with van der Waals surface area (Å²) < 4.78 is 6.08. The highest BCUT2D eigenvalue weighted by Crippen LogP contribution is 2.51. The van der Waals surface area contributed by atoms with E-state index in [1.807, 2.05) is 4.90 Å². The summed E-state index contributed by atoms with van der Waals surface area (Å²) >= 11 is 0. The largest absolute Gasteiger partial charge is 0.424 e. The first-order chi connectivity index (χ1) is 13.1. The molecule has 27 heavy (non-hydrogen) atoms. The van der Waals surface area contributed by atoms with Crippen LogP contribution in [0.4, 0.5) is 0 Å². The van der Waals surface area contributed by atoms with Crippen LogP contribution < -0.4 is 0 Å². The number of carbonyl (C=O) groups excluding carboxylic acids is 1. The average Bonchev–Trinajstić information content (AvgIpc) is 3.52. The van der Waals surface area contributed by atoms with Crippen LogP contribution in [-0.4, -0.2) is 39.8 Å². The monoisotopic (exact) mass is 367 g/mol. The van der Waals surface area contributed by atoms with Gasteiger partial charge in [0.2, 0.25) is 17.7 Å². The Kier molecular flexibility index (Phi) is 3.85. The van der Waals surface area contributed by atoms with Gasteiger partial charge in [-0.15, -0.1) is 22.5 Å². The van der Waals surface area contributed by atoms with Crippen LogP contribution in [0.25, 0.3) is 0 Å². The van der Waals surface area contributed by atoms with Crippen LogP contribution in [0, 0.1) is 18.3 Å². The van der Waals surface area contributed by atoms with Crippen molar-refractivity contribution < 1.29 is 9.21 Å². The summed E-state index contributed by atoms with van der Waals surface area (Å²) in [6.45, 7) is 1.50. The van der Waals surface area contributed by atoms with Crippen LogP contribution in [0.3, 0.4) is 0 Å². The first-order valence-corrected chi connectivity index (χ1v) is 10.1. The van der Waals surface area contributed by atoms with Gasteiger partial charge in [0.1, 0.15) is 0 Å². The van der Waals surface area contributed by atoms with E-state index >= 15 is 0 Å². The molecule has 1 aromatic heterocycles. The molecule has 2 aliphatic heterocycles. The highest BCUT2D eigenvalue weighted by Gasteiger charge is 2.55. The lowest BCUT2D eigenvalue weighted by atomic mass is 9.80. The fraction of sp³-hybridized carbons (Fsp3) is 0.750. The molecule has 0 spiro atoms. The minimum Gasteiger partial charge on any atom is -0.424 e. The van der Waals surface area contributed by atoms with E-state index in [2.05, 4.69) is 26.3 Å². The second-order valence-corrected chi connectivity index (χ2v) is 8.63. The Morgan fingerprint density at radius 1 is 1.26 bits per heavy atom. The van der Waals surface area contributed by atoms with E-state index in [1.165, 1.54) is 6.42 Å². The van der Waals surface area contributed by atoms with E-state index in [1.54, 1.807) is 0 Å². The molecule has 0 bridgehead atoms. The standard InChI is InChI=1S/C20H25N5O2/c1-2-3-10-20(23-24-20)11-8-16(26)25-12-15-5-4-9-19(15,13-25)18-22-21-17(27-18)14-6-7-14/h1,14-15H,3-13H2/t15-,19-/m0/s1. The summed E-state index contributed by atoms with van der Waals surface area (Å²) in [5, 5.41) is 17.0. The van der Waals surface area contributed by atoms with Crippen molar-refractivity contribution >= 4 is 5.91 Å². The molecule has 0 unspecified atom stereocenters. The minimum atomic E-state index is -0.388. The zero-order chi connectivity index (χ0) is 18.5. The maximum absolute atomic E-state index is 12.9. The number of fused-ring (bicyclic) bond motifs is 1. The summed E-state index contributed by atoms with van der Waals surface area (Å²) in [4.78, 5) is 14.9. The van der Waals surface area contributed by atoms with Crippen molar-refractivity contribution in [1.29, 1.82) is 0 Å². The van der Waals surface area contributed by atoms with Crippen molar-refractivity contribution in [3.63, 3.8) is 0 Å². The third-order valence-electron chi connectivity index (χ3n) is 6.81. The predicted molar refractivity (Wildman–Crippen MR) is 96.8 cm³/mol. The molecule has 0 aromatic carbocycles. The van der Waals surface area contributed by atoms with Gasteiger partial charge in [-0.1, -0.05) is 6.42 Å². The van der Waals surface area contributed by atoms with E-state index in [-0.39, 0.29) is 17.0 Å². The van der Waals surface area contributed by atoms with Crippen LogP contribution in [0.15, 0.2) is 14.6 Å². The summed E-state index contributed by atoms with van der Waals surface area (Å²) in [6, 6.07) is 0. The molecule has 2 atom stereocenters. The van der Waals surface area contributed by atoms with E-state index in [4.69, 9.17) is 10.8 Å². The molecule has 3 fully saturated rings. The Labute approximate surface area is 159 Å². The van der Waals surface area contributed by atoms with Gasteiger partial charge in [0.25, 0.3) is 0 Å². The predicted octanol–water partition coefficient (Wildman–Crippen LogP) is 3.18. The van der Waals surface area contributed by atoms with Crippen LogP contribution >= 0.6 is 0 Å². The van der Waals surface area contributed by atoms with Crippen molar-refractivity contribution in [2.45, 2.75) is 74.8 Å². The third kappa shape index (κ3) is 2.95. The highest BCUT2D eigenvalue weighted by atomic mass is 16.4. The first-order valence-electron chi connectivity index (χ1n) is 10.1. The summed E-state index contributed by atoms with van der Waals surface area (Å²) in [7, 11) is 0. The van der Waals surface area contributed by atoms with Gasteiger partial charge in [-0.3, -0.25) is 4.79 Å². The van der Waals surface area contributed by atoms with Gasteiger partial charge >= 0.3 is 0 Å². The van der Waals surface area contributed by atoms with Gasteiger partial charge in [0.15, 0.2) is 5.66 Å². The van der Waals surface area contributed by atoms with Crippen molar-refractivity contribution in [3.05, 3.63) is 11.8 Å². The van der Waals surface area contributed by atoms with Crippen molar-refractivity contribution in [2.24, 2.45) is 16.1 Å². The van der Waals surface area contributed by atoms with Crippen molar-refractivity contribution in [1.82, 2.24) is 15.1 Å². The van der Waals surface area contributed by atoms with Crippen LogP contribution in [0.2, 0.25) is 0 Å². The molecule has 2 aliphatic carbocycles. The van der Waals surface area contributed by atoms with Gasteiger partial charge in [-0.25, -0.2) is 0 Å². The van der Waals surface area contributed by atoms with E-state index in [9.17, 15) is 4.79 Å². The highest BCUT2D eigenvalue weighted by molar-refractivity contribution is 5.77. The maximum Gasteiger partial charge on any atom is 0.224 e. The van der Waals surface area contributed by atoms with Gasteiger partial charge in [-0.05, 0) is 31.6 Å². The molecule has 142 valence electrons. The summed E-state index contributed by atoms with van der Waals surface area (Å²) in [6.07, 6.45) is 13.5. The third-order valence-corrected chi connectivity index (χ3v) is 6.81. The maximum atomic E-state index is 12.9. The number of carbonyl (C=O) groups is 1. The van der Waals surface area contributed by atoms with E-state index in [0.29, 0.717) is 37.6 Å². The topological polar surface area (TPSA) is 84.0 Å². The van der Waals surface area contributed by atoms with Crippen molar-refractivity contribution in [2.75, 3.05) is 13.1 Å². The molecule has 2 saturated carbocycles. The smallest absolute Gasteiger partial charge is 0.224 e. The second kappa shape index (κ2) is 6.15. The van der Waals surface area contributed by atoms with Gasteiger partial charge in [0, 0.05) is 44.7 Å². The number of terminal acetylenes is 1. The molecule has 3 heterocycles. The molecule has 1 aromatic rings. The number of hydrogen-bond donors (Lipinski definition) is 0. The number of rotatable bonds is 7. The fourth-order valence-corrected chi connectivity index (χ4v) is 4.89. The second-order valence-electron chi connectivity index (χ2n) is 8.63. The Morgan fingerprint density at radius 2 is 2.11 bits per heavy atom. The average molecular weight is 367 g/mol. The minimum absolute atomic E-state index is 0.134. The fourth-order valence-electron chi connectivity index (χ4n) is 4.89. The molecule has 7 heteroatoms. The van der Waals surface area contributed by atoms with E-state index in [0.717, 1.165) is 50.4 Å². The lowest BCUT2D eigenvalue weighted by molar-refractivity contribution is -0.130. The summed E-state index contributed by atoms with van der Waals surface area (Å²) in [5.41, 5.74) is -0.522. The van der Waals surface area contributed by atoms with Crippen molar-refractivity contribution in [3.8, 4) is 12.3 Å². The number of aromatic nitrogens is 2. The lowest BCUT2D eigenvalue weighted by Gasteiger charge is -2.24. The Bertz CT molecular complexity index is 815. The number of nitrogens with zero attached hydrogens (tertiary/aromatic N) is 5. The zero-order valence-corrected chi connectivity index (χ0v) is 15.6. The molecule has 4 aliphatic rings. The van der Waals surface area contributed by atoms with Crippen LogP contribution in [0.1, 0.15) is 75.5 Å². The normalized spacial score (nSPS) is 30.3. The molecule has 1 amide bonds. The molecule has 5 rings (SSSR count). The van der Waals surface area contributed by atoms with E-state index < -0.39 is 0 Å². The van der Waals surface area contributed by atoms with Crippen LogP contribution in [0.5, 0.6) is 0 Å². The van der Waals surface area contributed by atoms with Gasteiger partial charge in [-0.2, -0.15) is 10.2 Å². The van der Waals surface area contributed by atoms with Gasteiger partial charge in [0.05, 0.1) is 5.41 Å². The Hall–Kier alpha value is -2.23. The lowest BCUT2D eigenvalue weighted by Crippen LogP contribution is -2.35. The number of likely N-dealkylation sites (tertiary alicyclic amines) is 1. The Balaban J connectivity index is 1.25. The summed E-state index contributed by atoms with van der Waals surface area (Å²) in [5.74, 6) is 5.27. The Morgan fingerprint density at radius 3 is 2.85 bits per heavy atom. The molecular weight excluding hydrogens is 342 g/mol. The molecular formula is C20H25N5O2. The molecule has 7 nitrogen and oxygen atoms in total. The molecule has 0 N–H and O–H groups in total. The SMILES string of the molecule is C#CCCC1(CCC(=O)N2C[C@@H]3CCC[C@]3(c3nnc(C4CC4)o3)C2)N=N1. The van der Waals surface area contributed by atoms with Crippen LogP contribution in [-0.2, 0) is 10.2 Å². The molecule has 1 saturated heterocycles.